The maximum atomic E-state index is 12.5. The van der Waals surface area contributed by atoms with Gasteiger partial charge in [0.15, 0.2) is 15.7 Å². The van der Waals surface area contributed by atoms with Crippen LogP contribution in [0.1, 0.15) is 42.6 Å². The first-order chi connectivity index (χ1) is 9.48. The van der Waals surface area contributed by atoms with Crippen LogP contribution in [-0.4, -0.2) is 18.6 Å². The van der Waals surface area contributed by atoms with Crippen LogP contribution in [0.3, 0.4) is 0 Å². The van der Waals surface area contributed by atoms with E-state index >= 15 is 0 Å². The molecule has 0 N–H and O–H groups in total. The smallest absolute Gasteiger partial charge is 0.245 e. The highest BCUT2D eigenvalue weighted by atomic mass is 79.9. The Morgan fingerprint density at radius 3 is 2.55 bits per heavy atom. The van der Waals surface area contributed by atoms with Gasteiger partial charge in [0.05, 0.1) is 4.90 Å². The lowest BCUT2D eigenvalue weighted by Gasteiger charge is -2.08. The molecule has 0 unspecified atom stereocenters. The summed E-state index contributed by atoms with van der Waals surface area (Å²) < 4.78 is 30.9. The zero-order valence-corrected chi connectivity index (χ0v) is 13.2. The largest absolute Gasteiger partial charge is 0.338 e. The van der Waals surface area contributed by atoms with Crippen LogP contribution in [0.4, 0.5) is 0 Å². The highest BCUT2D eigenvalue weighted by molar-refractivity contribution is 9.10. The summed E-state index contributed by atoms with van der Waals surface area (Å²) in [6.45, 7) is 1.57. The Hall–Kier alpha value is -1.21. The molecule has 1 atom stereocenters. The Balaban J connectivity index is 1.90. The molecule has 1 aliphatic carbocycles. The Bertz CT molecular complexity index is 720. The molecular weight excluding hydrogens is 344 g/mol. The van der Waals surface area contributed by atoms with Crippen molar-refractivity contribution in [1.82, 2.24) is 10.1 Å². The maximum Gasteiger partial charge on any atom is 0.245 e. The molecule has 5 nitrogen and oxygen atoms in total. The number of benzene rings is 1. The lowest BCUT2D eigenvalue weighted by atomic mass is 10.4. The molecule has 0 saturated heterocycles. The number of halogens is 1. The molecule has 0 radical (unpaired) electrons. The van der Waals surface area contributed by atoms with Gasteiger partial charge in [0.25, 0.3) is 0 Å². The molecule has 1 heterocycles. The molecule has 0 amide bonds. The molecule has 20 heavy (non-hydrogen) atoms. The number of hydrogen-bond donors (Lipinski definition) is 0. The second-order valence-corrected chi connectivity index (χ2v) is 8.09. The van der Waals surface area contributed by atoms with Gasteiger partial charge in [-0.15, -0.1) is 0 Å². The van der Waals surface area contributed by atoms with Gasteiger partial charge in [0, 0.05) is 10.4 Å². The second kappa shape index (κ2) is 4.96. The van der Waals surface area contributed by atoms with Crippen LogP contribution < -0.4 is 0 Å². The molecule has 2 aromatic rings. The van der Waals surface area contributed by atoms with Gasteiger partial charge in [-0.3, -0.25) is 0 Å². The van der Waals surface area contributed by atoms with Gasteiger partial charge in [0.1, 0.15) is 5.25 Å². The molecule has 106 valence electrons. The topological polar surface area (TPSA) is 73.1 Å². The van der Waals surface area contributed by atoms with E-state index in [9.17, 15) is 8.42 Å². The summed E-state index contributed by atoms with van der Waals surface area (Å²) in [6, 6.07) is 6.52. The second-order valence-electron chi connectivity index (χ2n) is 4.91. The highest BCUT2D eigenvalue weighted by Crippen LogP contribution is 2.39. The van der Waals surface area contributed by atoms with Crippen LogP contribution in [0.2, 0.25) is 0 Å². The van der Waals surface area contributed by atoms with Gasteiger partial charge in [-0.25, -0.2) is 8.42 Å². The Labute approximate surface area is 125 Å². The van der Waals surface area contributed by atoms with E-state index in [2.05, 4.69) is 26.1 Å². The molecule has 1 aliphatic rings. The fourth-order valence-electron chi connectivity index (χ4n) is 1.88. The first-order valence-electron chi connectivity index (χ1n) is 6.31. The van der Waals surface area contributed by atoms with Crippen LogP contribution in [-0.2, 0) is 9.84 Å². The SMILES string of the molecule is C[C@H](c1nc(C2CC2)no1)S(=O)(=O)c1ccc(Br)cc1. The first-order valence-corrected chi connectivity index (χ1v) is 8.65. The average Bonchev–Trinajstić information content (AvgIpc) is 3.16. The van der Waals surface area contributed by atoms with E-state index in [4.69, 9.17) is 4.52 Å². The third-order valence-electron chi connectivity index (χ3n) is 3.36. The fourth-order valence-corrected chi connectivity index (χ4v) is 3.43. The van der Waals surface area contributed by atoms with Crippen molar-refractivity contribution in [2.24, 2.45) is 0 Å². The van der Waals surface area contributed by atoms with Crippen LogP contribution in [0.5, 0.6) is 0 Å². The molecule has 1 aromatic heterocycles. The lowest BCUT2D eigenvalue weighted by molar-refractivity contribution is 0.371. The minimum atomic E-state index is -3.52. The summed E-state index contributed by atoms with van der Waals surface area (Å²) in [7, 11) is -3.52. The average molecular weight is 357 g/mol. The molecule has 0 spiro atoms. The summed E-state index contributed by atoms with van der Waals surface area (Å²) in [5.41, 5.74) is 0. The quantitative estimate of drug-likeness (QED) is 0.840. The highest BCUT2D eigenvalue weighted by Gasteiger charge is 2.33. The van der Waals surface area contributed by atoms with Gasteiger partial charge in [-0.1, -0.05) is 21.1 Å². The van der Waals surface area contributed by atoms with Crippen molar-refractivity contribution in [3.63, 3.8) is 0 Å². The number of hydrogen-bond acceptors (Lipinski definition) is 5. The van der Waals surface area contributed by atoms with Crippen LogP contribution >= 0.6 is 15.9 Å². The molecule has 1 saturated carbocycles. The minimum absolute atomic E-state index is 0.162. The first kappa shape index (κ1) is 13.8. The molecule has 3 rings (SSSR count). The van der Waals surface area contributed by atoms with Gasteiger partial charge in [-0.2, -0.15) is 4.98 Å². The Morgan fingerprint density at radius 2 is 1.95 bits per heavy atom. The molecule has 1 fully saturated rings. The number of aromatic nitrogens is 2. The van der Waals surface area contributed by atoms with Crippen molar-refractivity contribution < 1.29 is 12.9 Å². The minimum Gasteiger partial charge on any atom is -0.338 e. The van der Waals surface area contributed by atoms with Gasteiger partial charge in [-0.05, 0) is 44.0 Å². The normalized spacial score (nSPS) is 17.1. The van der Waals surface area contributed by atoms with E-state index in [1.165, 1.54) is 0 Å². The monoisotopic (exact) mass is 356 g/mol. The number of sulfone groups is 1. The van der Waals surface area contributed by atoms with Crippen molar-refractivity contribution in [3.8, 4) is 0 Å². The van der Waals surface area contributed by atoms with E-state index in [0.717, 1.165) is 17.3 Å². The van der Waals surface area contributed by atoms with Crippen molar-refractivity contribution >= 4 is 25.8 Å². The van der Waals surface area contributed by atoms with E-state index in [1.54, 1.807) is 31.2 Å². The summed E-state index contributed by atoms with van der Waals surface area (Å²) >= 11 is 3.28. The Morgan fingerprint density at radius 1 is 1.30 bits per heavy atom. The van der Waals surface area contributed by atoms with Crippen molar-refractivity contribution in [2.75, 3.05) is 0 Å². The zero-order chi connectivity index (χ0) is 14.3. The van der Waals surface area contributed by atoms with Crippen LogP contribution in [0.25, 0.3) is 0 Å². The molecular formula is C13H13BrN2O3S. The number of nitrogens with zero attached hydrogens (tertiary/aromatic N) is 2. The van der Waals surface area contributed by atoms with Gasteiger partial charge in [0.2, 0.25) is 5.89 Å². The van der Waals surface area contributed by atoms with Crippen LogP contribution in [0, 0.1) is 0 Å². The molecule has 0 bridgehead atoms. The molecule has 1 aromatic carbocycles. The van der Waals surface area contributed by atoms with Crippen molar-refractivity contribution in [2.45, 2.75) is 35.8 Å². The zero-order valence-electron chi connectivity index (χ0n) is 10.8. The number of rotatable bonds is 4. The fraction of sp³-hybridized carbons (Fsp3) is 0.385. The van der Waals surface area contributed by atoms with Crippen molar-refractivity contribution in [3.05, 3.63) is 40.5 Å². The summed E-state index contributed by atoms with van der Waals surface area (Å²) in [5.74, 6) is 1.13. The standard InChI is InChI=1S/C13H13BrN2O3S/c1-8(13-15-12(16-19-13)9-2-3-9)20(17,18)11-6-4-10(14)5-7-11/h4-9H,2-3H2,1H3/t8-/m1/s1. The van der Waals surface area contributed by atoms with E-state index in [1.807, 2.05) is 0 Å². The molecule has 0 aliphatic heterocycles. The van der Waals surface area contributed by atoms with Crippen molar-refractivity contribution in [1.29, 1.82) is 0 Å². The summed E-state index contributed by atoms with van der Waals surface area (Å²) in [6.07, 6.45) is 2.10. The Kier molecular flexibility index (Phi) is 3.41. The summed E-state index contributed by atoms with van der Waals surface area (Å²) in [5, 5.41) is 3.02. The lowest BCUT2D eigenvalue weighted by Crippen LogP contribution is -2.11. The predicted molar refractivity (Wildman–Crippen MR) is 76.0 cm³/mol. The van der Waals surface area contributed by atoms with E-state index in [-0.39, 0.29) is 10.8 Å². The van der Waals surface area contributed by atoms with E-state index < -0.39 is 15.1 Å². The molecule has 7 heteroatoms. The third-order valence-corrected chi connectivity index (χ3v) is 5.95. The predicted octanol–water partition coefficient (Wildman–Crippen LogP) is 3.24. The summed E-state index contributed by atoms with van der Waals surface area (Å²) in [4.78, 5) is 4.46. The third kappa shape index (κ3) is 2.52. The van der Waals surface area contributed by atoms with Gasteiger partial charge >= 0.3 is 0 Å². The maximum absolute atomic E-state index is 12.5. The van der Waals surface area contributed by atoms with E-state index in [0.29, 0.717) is 11.7 Å². The van der Waals surface area contributed by atoms with Gasteiger partial charge < -0.3 is 4.52 Å². The van der Waals surface area contributed by atoms with Crippen LogP contribution in [0.15, 0.2) is 38.2 Å².